The lowest BCUT2D eigenvalue weighted by Gasteiger charge is -2.00. The number of furan rings is 1. The van der Waals surface area contributed by atoms with Gasteiger partial charge in [-0.05, 0) is 48.5 Å². The first-order valence-corrected chi connectivity index (χ1v) is 8.64. The second-order valence-corrected chi connectivity index (χ2v) is 6.57. The fourth-order valence-corrected chi connectivity index (χ4v) is 2.58. The Morgan fingerprint density at radius 2 is 1.67 bits per heavy atom. The second-order valence-electron chi connectivity index (χ2n) is 5.01. The lowest BCUT2D eigenvalue weighted by molar-refractivity contribution is 0.575. The van der Waals surface area contributed by atoms with Gasteiger partial charge in [-0.25, -0.2) is 13.6 Å². The van der Waals surface area contributed by atoms with Crippen molar-refractivity contribution >= 4 is 21.9 Å². The summed E-state index contributed by atoms with van der Waals surface area (Å²) in [5, 5.41) is 9.18. The number of para-hydroxylation sites is 1. The first kappa shape index (κ1) is 16.0. The minimum absolute atomic E-state index is 0.0617. The Balaban J connectivity index is 1.71. The molecular formula is C17H15N3O3S. The molecule has 0 unspecified atom stereocenters. The lowest BCUT2D eigenvalue weighted by atomic mass is 10.2. The molecule has 0 saturated heterocycles. The van der Waals surface area contributed by atoms with Crippen LogP contribution in [0, 0.1) is 0 Å². The summed E-state index contributed by atoms with van der Waals surface area (Å²) < 4.78 is 28.2. The number of nitrogens with two attached hydrogens (primary N) is 1. The molecule has 3 rings (SSSR count). The Kier molecular flexibility index (Phi) is 4.45. The summed E-state index contributed by atoms with van der Waals surface area (Å²) in [7, 11) is -3.69. The molecule has 1 aromatic heterocycles. The number of nitrogens with one attached hydrogen (secondary N) is 1. The summed E-state index contributed by atoms with van der Waals surface area (Å²) in [6.45, 7) is 0. The monoisotopic (exact) mass is 341 g/mol. The normalized spacial score (nSPS) is 11.7. The molecule has 2 aromatic carbocycles. The van der Waals surface area contributed by atoms with Gasteiger partial charge >= 0.3 is 0 Å². The molecule has 0 saturated carbocycles. The zero-order valence-corrected chi connectivity index (χ0v) is 13.4. The zero-order valence-electron chi connectivity index (χ0n) is 12.6. The van der Waals surface area contributed by atoms with Gasteiger partial charge in [-0.1, -0.05) is 18.2 Å². The van der Waals surface area contributed by atoms with Crippen LogP contribution in [0.25, 0.3) is 11.3 Å². The van der Waals surface area contributed by atoms with Gasteiger partial charge in [0.15, 0.2) is 0 Å². The number of anilines is 1. The molecule has 0 amide bonds. The van der Waals surface area contributed by atoms with E-state index in [1.807, 2.05) is 30.3 Å². The van der Waals surface area contributed by atoms with Crippen LogP contribution in [0.3, 0.4) is 0 Å². The van der Waals surface area contributed by atoms with Crippen molar-refractivity contribution < 1.29 is 12.8 Å². The first-order chi connectivity index (χ1) is 11.5. The van der Waals surface area contributed by atoms with Crippen molar-refractivity contribution in [3.8, 4) is 11.3 Å². The third-order valence-electron chi connectivity index (χ3n) is 3.25. The van der Waals surface area contributed by atoms with E-state index in [4.69, 9.17) is 9.56 Å². The number of rotatable bonds is 5. The zero-order chi connectivity index (χ0) is 17.0. The van der Waals surface area contributed by atoms with Gasteiger partial charge in [0.25, 0.3) is 0 Å². The Morgan fingerprint density at radius 1 is 0.958 bits per heavy atom. The van der Waals surface area contributed by atoms with Crippen molar-refractivity contribution in [3.63, 3.8) is 0 Å². The van der Waals surface area contributed by atoms with Crippen LogP contribution < -0.4 is 10.6 Å². The number of benzene rings is 2. The smallest absolute Gasteiger partial charge is 0.238 e. The van der Waals surface area contributed by atoms with E-state index in [1.54, 1.807) is 30.5 Å². The molecule has 6 nitrogen and oxygen atoms in total. The van der Waals surface area contributed by atoms with E-state index in [-0.39, 0.29) is 4.90 Å². The van der Waals surface area contributed by atoms with Crippen molar-refractivity contribution in [3.05, 3.63) is 72.5 Å². The molecule has 24 heavy (non-hydrogen) atoms. The molecule has 0 fully saturated rings. The topological polar surface area (TPSA) is 97.7 Å². The average molecular weight is 341 g/mol. The lowest BCUT2D eigenvalue weighted by Crippen LogP contribution is -2.11. The molecule has 0 radical (unpaired) electrons. The number of nitrogens with zero attached hydrogens (tertiary/aromatic N) is 1. The van der Waals surface area contributed by atoms with Crippen LogP contribution in [0.1, 0.15) is 5.76 Å². The molecule has 7 heteroatoms. The predicted molar refractivity (Wildman–Crippen MR) is 93.2 cm³/mol. The Hall–Kier alpha value is -2.90. The Labute approximate surface area is 139 Å². The quantitative estimate of drug-likeness (QED) is 0.550. The number of sulfonamides is 1. The molecule has 122 valence electrons. The Bertz CT molecular complexity index is 946. The largest absolute Gasteiger partial charge is 0.455 e. The van der Waals surface area contributed by atoms with Gasteiger partial charge in [-0.2, -0.15) is 5.10 Å². The summed E-state index contributed by atoms with van der Waals surface area (Å²) in [6, 6.07) is 19.3. The first-order valence-electron chi connectivity index (χ1n) is 7.09. The molecular weight excluding hydrogens is 326 g/mol. The highest BCUT2D eigenvalue weighted by Gasteiger charge is 2.09. The van der Waals surface area contributed by atoms with E-state index in [0.29, 0.717) is 11.5 Å². The summed E-state index contributed by atoms with van der Waals surface area (Å²) in [5.41, 5.74) is 4.52. The molecule has 3 N–H and O–H groups in total. The molecule has 1 heterocycles. The molecule has 3 aromatic rings. The second kappa shape index (κ2) is 6.69. The van der Waals surface area contributed by atoms with Crippen LogP contribution in [0.15, 0.2) is 81.1 Å². The van der Waals surface area contributed by atoms with E-state index >= 15 is 0 Å². The van der Waals surface area contributed by atoms with Gasteiger partial charge in [0, 0.05) is 5.56 Å². The summed E-state index contributed by atoms with van der Waals surface area (Å²) in [5.74, 6) is 1.18. The third-order valence-corrected chi connectivity index (χ3v) is 4.18. The number of primary sulfonamides is 1. The molecule has 0 atom stereocenters. The molecule has 0 aliphatic carbocycles. The molecule has 0 aliphatic heterocycles. The van der Waals surface area contributed by atoms with Crippen molar-refractivity contribution in [1.29, 1.82) is 0 Å². The Morgan fingerprint density at radius 3 is 2.33 bits per heavy atom. The van der Waals surface area contributed by atoms with E-state index < -0.39 is 10.0 Å². The highest BCUT2D eigenvalue weighted by atomic mass is 32.2. The number of hydrogen-bond donors (Lipinski definition) is 2. The summed E-state index contributed by atoms with van der Waals surface area (Å²) in [6.07, 6.45) is 1.56. The summed E-state index contributed by atoms with van der Waals surface area (Å²) in [4.78, 5) is 0.0617. The van der Waals surface area contributed by atoms with Crippen LogP contribution >= 0.6 is 0 Å². The van der Waals surface area contributed by atoms with Crippen molar-refractivity contribution in [2.24, 2.45) is 10.2 Å². The fraction of sp³-hybridized carbons (Fsp3) is 0. The van der Waals surface area contributed by atoms with Crippen LogP contribution in [0.4, 0.5) is 5.69 Å². The highest BCUT2D eigenvalue weighted by molar-refractivity contribution is 7.89. The van der Waals surface area contributed by atoms with Crippen LogP contribution in [0.2, 0.25) is 0 Å². The van der Waals surface area contributed by atoms with Gasteiger partial charge in [0.05, 0.1) is 16.8 Å². The highest BCUT2D eigenvalue weighted by Crippen LogP contribution is 2.23. The van der Waals surface area contributed by atoms with Crippen LogP contribution in [0.5, 0.6) is 0 Å². The van der Waals surface area contributed by atoms with Crippen LogP contribution in [-0.4, -0.2) is 14.6 Å². The summed E-state index contributed by atoms with van der Waals surface area (Å²) >= 11 is 0. The van der Waals surface area contributed by atoms with E-state index in [2.05, 4.69) is 10.5 Å². The fourth-order valence-electron chi connectivity index (χ4n) is 2.07. The average Bonchev–Trinajstić information content (AvgIpc) is 3.04. The van der Waals surface area contributed by atoms with E-state index in [9.17, 15) is 8.42 Å². The molecule has 0 aliphatic rings. The van der Waals surface area contributed by atoms with Gasteiger partial charge in [0.1, 0.15) is 11.5 Å². The van der Waals surface area contributed by atoms with Crippen molar-refractivity contribution in [2.45, 2.75) is 4.90 Å². The predicted octanol–water partition coefficient (Wildman–Crippen LogP) is 3.04. The van der Waals surface area contributed by atoms with E-state index in [1.165, 1.54) is 12.1 Å². The minimum Gasteiger partial charge on any atom is -0.455 e. The number of hydrogen-bond acceptors (Lipinski definition) is 5. The molecule has 0 bridgehead atoms. The SMILES string of the molecule is NS(=O)(=O)c1ccc(-c2ccc(/C=N\Nc3ccccc3)o2)cc1. The van der Waals surface area contributed by atoms with Crippen molar-refractivity contribution in [1.82, 2.24) is 0 Å². The third kappa shape index (κ3) is 3.89. The molecule has 0 spiro atoms. The van der Waals surface area contributed by atoms with Gasteiger partial charge in [-0.15, -0.1) is 0 Å². The van der Waals surface area contributed by atoms with Gasteiger partial charge in [0.2, 0.25) is 10.0 Å². The van der Waals surface area contributed by atoms with Gasteiger partial charge < -0.3 is 4.42 Å². The van der Waals surface area contributed by atoms with Gasteiger partial charge in [-0.3, -0.25) is 5.43 Å². The maximum atomic E-state index is 11.2. The maximum absolute atomic E-state index is 11.2. The minimum atomic E-state index is -3.69. The van der Waals surface area contributed by atoms with Crippen LogP contribution in [-0.2, 0) is 10.0 Å². The van der Waals surface area contributed by atoms with E-state index in [0.717, 1.165) is 11.3 Å². The van der Waals surface area contributed by atoms with Crippen molar-refractivity contribution in [2.75, 3.05) is 5.43 Å². The maximum Gasteiger partial charge on any atom is 0.238 e. The standard InChI is InChI=1S/C17H15N3O3S/c18-24(21,22)16-9-6-13(7-10-16)17-11-8-15(23-17)12-19-20-14-4-2-1-3-5-14/h1-12,20H,(H2,18,21,22)/b19-12-. The number of hydrazone groups is 1.